The van der Waals surface area contributed by atoms with Gasteiger partial charge in [0.2, 0.25) is 0 Å². The molecule has 0 aliphatic heterocycles. The van der Waals surface area contributed by atoms with Crippen molar-refractivity contribution in [1.29, 1.82) is 0 Å². The van der Waals surface area contributed by atoms with Crippen LogP contribution in [0.3, 0.4) is 0 Å². The van der Waals surface area contributed by atoms with Crippen LogP contribution in [0.4, 0.5) is 5.69 Å². The number of benzene rings is 1. The first-order valence-corrected chi connectivity index (χ1v) is 9.56. The first-order chi connectivity index (χ1) is 12.3. The number of carbonyl (C=O) groups excluding carboxylic acids is 2. The fourth-order valence-electron chi connectivity index (χ4n) is 5.84. The summed E-state index contributed by atoms with van der Waals surface area (Å²) in [5, 5.41) is 10.8. The summed E-state index contributed by atoms with van der Waals surface area (Å²) >= 11 is 0. The van der Waals surface area contributed by atoms with Crippen molar-refractivity contribution in [2.24, 2.45) is 17.3 Å². The molecule has 3 atom stereocenters. The first kappa shape index (κ1) is 17.5. The van der Waals surface area contributed by atoms with Crippen LogP contribution in [0.25, 0.3) is 0 Å². The molecule has 5 rings (SSSR count). The van der Waals surface area contributed by atoms with Crippen LogP contribution in [0.15, 0.2) is 30.3 Å². The molecule has 1 N–H and O–H groups in total. The van der Waals surface area contributed by atoms with Crippen molar-refractivity contribution in [2.45, 2.75) is 57.2 Å². The minimum absolute atomic E-state index is 0.243. The van der Waals surface area contributed by atoms with Crippen molar-refractivity contribution in [1.82, 2.24) is 0 Å². The number of hydrogen-bond acceptors (Lipinski definition) is 4. The lowest BCUT2D eigenvalue weighted by molar-refractivity contribution is -0.199. The van der Waals surface area contributed by atoms with Gasteiger partial charge in [-0.2, -0.15) is 0 Å². The maximum absolute atomic E-state index is 13.0. The molecule has 1 amide bonds. The second kappa shape index (κ2) is 6.08. The number of nitrogens with zero attached hydrogens (tertiary/aromatic N) is 1. The quantitative estimate of drug-likeness (QED) is 0.842. The molecule has 0 spiro atoms. The third kappa shape index (κ3) is 2.92. The predicted octanol–water partition coefficient (Wildman–Crippen LogP) is 2.91. The molecule has 4 aliphatic rings. The van der Waals surface area contributed by atoms with Crippen molar-refractivity contribution in [2.75, 3.05) is 11.9 Å². The summed E-state index contributed by atoms with van der Waals surface area (Å²) in [7, 11) is 1.69. The molecule has 1 aromatic carbocycles. The fourth-order valence-corrected chi connectivity index (χ4v) is 5.84. The van der Waals surface area contributed by atoms with E-state index in [1.807, 2.05) is 30.3 Å². The number of rotatable bonds is 4. The minimum atomic E-state index is -0.838. The molecule has 1 aromatic rings. The second-order valence-electron chi connectivity index (χ2n) is 8.75. The number of hydrogen-bond donors (Lipinski definition) is 1. The molecule has 0 saturated heterocycles. The number of para-hydroxylation sites is 1. The highest BCUT2D eigenvalue weighted by Crippen LogP contribution is 2.62. The summed E-state index contributed by atoms with van der Waals surface area (Å²) in [6, 6.07) is 9.32. The Bertz CT molecular complexity index is 702. The Labute approximate surface area is 154 Å². The number of amides is 1. The van der Waals surface area contributed by atoms with Gasteiger partial charge in [-0.05, 0) is 69.4 Å². The average Bonchev–Trinajstić information content (AvgIpc) is 2.59. The van der Waals surface area contributed by atoms with E-state index in [-0.39, 0.29) is 11.9 Å². The van der Waals surface area contributed by atoms with Gasteiger partial charge in [0.15, 0.2) is 6.10 Å². The van der Waals surface area contributed by atoms with Crippen LogP contribution in [-0.2, 0) is 14.3 Å². The van der Waals surface area contributed by atoms with Crippen LogP contribution in [0.1, 0.15) is 45.4 Å². The molecular weight excluding hydrogens is 330 g/mol. The fraction of sp³-hybridized carbons (Fsp3) is 0.619. The highest BCUT2D eigenvalue weighted by atomic mass is 16.5. The average molecular weight is 357 g/mol. The molecular formula is C21H27NO4. The molecule has 0 heterocycles. The smallest absolute Gasteiger partial charge is 0.312 e. The van der Waals surface area contributed by atoms with Crippen LogP contribution in [0.2, 0.25) is 0 Å². The molecule has 0 radical (unpaired) electrons. The Hall–Kier alpha value is -1.88. The van der Waals surface area contributed by atoms with Crippen LogP contribution >= 0.6 is 0 Å². The van der Waals surface area contributed by atoms with E-state index in [0.717, 1.165) is 37.8 Å². The second-order valence-corrected chi connectivity index (χ2v) is 8.75. The zero-order valence-electron chi connectivity index (χ0n) is 15.5. The molecule has 26 heavy (non-hydrogen) atoms. The summed E-state index contributed by atoms with van der Waals surface area (Å²) in [5.74, 6) is 0.277. The summed E-state index contributed by atoms with van der Waals surface area (Å²) in [6.45, 7) is 1.63. The maximum atomic E-state index is 13.0. The monoisotopic (exact) mass is 357 g/mol. The molecule has 5 heteroatoms. The van der Waals surface area contributed by atoms with Gasteiger partial charge in [-0.1, -0.05) is 18.2 Å². The molecule has 4 saturated carbocycles. The van der Waals surface area contributed by atoms with Gasteiger partial charge in [0.1, 0.15) is 0 Å². The van der Waals surface area contributed by atoms with Crippen LogP contribution in [-0.4, -0.2) is 35.7 Å². The Balaban J connectivity index is 1.45. The van der Waals surface area contributed by atoms with Gasteiger partial charge >= 0.3 is 5.97 Å². The molecule has 3 unspecified atom stereocenters. The van der Waals surface area contributed by atoms with E-state index in [2.05, 4.69) is 0 Å². The SMILES string of the molecule is CC(OC(=O)C12CC3CC(CC(O)(C3)C1)C2)C(=O)N(C)c1ccccc1. The van der Waals surface area contributed by atoms with Crippen LogP contribution in [0, 0.1) is 17.3 Å². The Morgan fingerprint density at radius 3 is 2.35 bits per heavy atom. The van der Waals surface area contributed by atoms with Crippen molar-refractivity contribution in [3.05, 3.63) is 30.3 Å². The minimum Gasteiger partial charge on any atom is -0.452 e. The number of ether oxygens (including phenoxy) is 1. The van der Waals surface area contributed by atoms with Crippen LogP contribution < -0.4 is 4.90 Å². The number of likely N-dealkylation sites (N-methyl/N-ethyl adjacent to an activating group) is 1. The van der Waals surface area contributed by atoms with Crippen molar-refractivity contribution in [3.63, 3.8) is 0 Å². The molecule has 5 nitrogen and oxygen atoms in total. The Morgan fingerprint density at radius 1 is 1.15 bits per heavy atom. The van der Waals surface area contributed by atoms with E-state index in [1.54, 1.807) is 14.0 Å². The van der Waals surface area contributed by atoms with E-state index >= 15 is 0 Å². The lowest BCUT2D eigenvalue weighted by Crippen LogP contribution is -2.59. The number of carbonyl (C=O) groups is 2. The van der Waals surface area contributed by atoms with Gasteiger partial charge < -0.3 is 14.7 Å². The van der Waals surface area contributed by atoms with Crippen LogP contribution in [0.5, 0.6) is 0 Å². The maximum Gasteiger partial charge on any atom is 0.312 e. The molecule has 0 aromatic heterocycles. The van der Waals surface area contributed by atoms with Crippen molar-refractivity contribution >= 4 is 17.6 Å². The normalized spacial score (nSPS) is 35.8. The lowest BCUT2D eigenvalue weighted by atomic mass is 9.48. The van der Waals surface area contributed by atoms with E-state index in [0.29, 0.717) is 18.3 Å². The topological polar surface area (TPSA) is 66.8 Å². The summed E-state index contributed by atoms with van der Waals surface area (Å²) in [4.78, 5) is 27.2. The zero-order valence-corrected chi connectivity index (χ0v) is 15.5. The van der Waals surface area contributed by atoms with Gasteiger partial charge in [-0.15, -0.1) is 0 Å². The van der Waals surface area contributed by atoms with Gasteiger partial charge in [-0.25, -0.2) is 0 Å². The van der Waals surface area contributed by atoms with Gasteiger partial charge in [0, 0.05) is 12.7 Å². The summed E-state index contributed by atoms with van der Waals surface area (Å²) in [5.41, 5.74) is -0.542. The summed E-state index contributed by atoms with van der Waals surface area (Å²) < 4.78 is 5.64. The van der Waals surface area contributed by atoms with E-state index in [4.69, 9.17) is 4.74 Å². The Kier molecular flexibility index (Phi) is 4.10. The van der Waals surface area contributed by atoms with Gasteiger partial charge in [0.05, 0.1) is 11.0 Å². The highest BCUT2D eigenvalue weighted by Gasteiger charge is 2.61. The lowest BCUT2D eigenvalue weighted by Gasteiger charge is -2.58. The number of esters is 1. The first-order valence-electron chi connectivity index (χ1n) is 9.56. The van der Waals surface area contributed by atoms with Crippen molar-refractivity contribution < 1.29 is 19.4 Å². The molecule has 4 aliphatic carbocycles. The van der Waals surface area contributed by atoms with E-state index in [1.165, 1.54) is 4.90 Å². The molecule has 140 valence electrons. The highest BCUT2D eigenvalue weighted by molar-refractivity contribution is 5.97. The number of anilines is 1. The largest absolute Gasteiger partial charge is 0.452 e. The van der Waals surface area contributed by atoms with Crippen molar-refractivity contribution in [3.8, 4) is 0 Å². The molecule has 4 fully saturated rings. The predicted molar refractivity (Wildman–Crippen MR) is 97.5 cm³/mol. The Morgan fingerprint density at radius 2 is 1.77 bits per heavy atom. The standard InChI is InChI=1S/C21H27NO4/c1-14(18(23)22(2)17-6-4-3-5-7-17)26-19(24)20-9-15-8-16(10-20)12-21(25,11-15)13-20/h3-7,14-16,25H,8-13H2,1-2H3. The van der Waals surface area contributed by atoms with E-state index in [9.17, 15) is 14.7 Å². The zero-order chi connectivity index (χ0) is 18.5. The number of aliphatic hydroxyl groups is 1. The van der Waals surface area contributed by atoms with Gasteiger partial charge in [-0.3, -0.25) is 9.59 Å². The van der Waals surface area contributed by atoms with E-state index < -0.39 is 17.1 Å². The third-order valence-electron chi connectivity index (χ3n) is 6.57. The summed E-state index contributed by atoms with van der Waals surface area (Å²) in [6.07, 6.45) is 3.97. The van der Waals surface area contributed by atoms with Gasteiger partial charge in [0.25, 0.3) is 5.91 Å². The third-order valence-corrected chi connectivity index (χ3v) is 6.57. The molecule has 4 bridgehead atoms.